The second-order valence-corrected chi connectivity index (χ2v) is 5.82. The van der Waals surface area contributed by atoms with Gasteiger partial charge in [-0.15, -0.1) is 0 Å². The monoisotopic (exact) mass is 353 g/mol. The minimum Gasteiger partial charge on any atom is -0.493 e. The molecule has 26 heavy (non-hydrogen) atoms. The first-order chi connectivity index (χ1) is 12.7. The molecule has 3 aromatic rings. The van der Waals surface area contributed by atoms with E-state index in [1.165, 1.54) is 12.1 Å². The maximum Gasteiger partial charge on any atom is 0.269 e. The number of carbonyl (C=O) groups excluding carboxylic acids is 1. The summed E-state index contributed by atoms with van der Waals surface area (Å²) in [6.45, 7) is 2.93. The summed E-state index contributed by atoms with van der Waals surface area (Å²) in [7, 11) is 0. The van der Waals surface area contributed by atoms with Crippen LogP contribution in [0.25, 0.3) is 11.3 Å². The lowest BCUT2D eigenvalue weighted by molar-refractivity contribution is 0.0946. The number of aromatic nitrogens is 2. The van der Waals surface area contributed by atoms with Crippen molar-refractivity contribution in [3.63, 3.8) is 0 Å². The number of H-pyrrole nitrogens is 1. The fourth-order valence-electron chi connectivity index (χ4n) is 2.49. The number of hydrogen-bond donors (Lipinski definition) is 2. The molecule has 0 atom stereocenters. The van der Waals surface area contributed by atoms with Gasteiger partial charge < -0.3 is 10.1 Å². The summed E-state index contributed by atoms with van der Waals surface area (Å²) >= 11 is 0. The van der Waals surface area contributed by atoms with Crippen molar-refractivity contribution in [1.82, 2.24) is 15.5 Å². The molecule has 0 fully saturated rings. The average Bonchev–Trinajstić information content (AvgIpc) is 3.16. The van der Waals surface area contributed by atoms with Crippen molar-refractivity contribution in [2.45, 2.75) is 19.9 Å². The molecule has 2 aromatic carbocycles. The van der Waals surface area contributed by atoms with Gasteiger partial charge in [0.15, 0.2) is 0 Å². The lowest BCUT2D eigenvalue weighted by Crippen LogP contribution is -2.23. The molecule has 1 aromatic heterocycles. The van der Waals surface area contributed by atoms with E-state index in [2.05, 4.69) is 15.5 Å². The summed E-state index contributed by atoms with van der Waals surface area (Å²) in [5.41, 5.74) is 2.28. The van der Waals surface area contributed by atoms with Crippen molar-refractivity contribution in [3.8, 4) is 17.0 Å². The summed E-state index contributed by atoms with van der Waals surface area (Å²) in [5, 5.41) is 9.67. The molecule has 3 rings (SSSR count). The van der Waals surface area contributed by atoms with Crippen molar-refractivity contribution in [2.75, 3.05) is 6.61 Å². The minimum atomic E-state index is -0.387. The van der Waals surface area contributed by atoms with Crippen LogP contribution in [-0.2, 0) is 6.54 Å². The van der Waals surface area contributed by atoms with Gasteiger partial charge in [-0.25, -0.2) is 4.39 Å². The van der Waals surface area contributed by atoms with E-state index in [0.29, 0.717) is 35.9 Å². The number of ether oxygens (including phenoxy) is 1. The smallest absolute Gasteiger partial charge is 0.269 e. The van der Waals surface area contributed by atoms with Crippen molar-refractivity contribution < 1.29 is 13.9 Å². The fourth-order valence-corrected chi connectivity index (χ4v) is 2.49. The van der Waals surface area contributed by atoms with Gasteiger partial charge >= 0.3 is 0 Å². The molecule has 6 heteroatoms. The Labute approximate surface area is 151 Å². The maximum atomic E-state index is 13.7. The van der Waals surface area contributed by atoms with Crippen molar-refractivity contribution in [2.24, 2.45) is 0 Å². The van der Waals surface area contributed by atoms with Crippen molar-refractivity contribution in [1.29, 1.82) is 0 Å². The van der Waals surface area contributed by atoms with Crippen LogP contribution in [0, 0.1) is 5.82 Å². The van der Waals surface area contributed by atoms with Gasteiger partial charge in [-0.05, 0) is 36.2 Å². The Morgan fingerprint density at radius 2 is 2.00 bits per heavy atom. The number of hydrogen-bond acceptors (Lipinski definition) is 3. The predicted octanol–water partition coefficient (Wildman–Crippen LogP) is 3.93. The van der Waals surface area contributed by atoms with E-state index >= 15 is 0 Å². The molecule has 0 saturated carbocycles. The Bertz CT molecular complexity index is 878. The van der Waals surface area contributed by atoms with Crippen LogP contribution in [0.3, 0.4) is 0 Å². The van der Waals surface area contributed by atoms with E-state index in [0.717, 1.165) is 12.0 Å². The predicted molar refractivity (Wildman–Crippen MR) is 97.4 cm³/mol. The molecule has 0 spiro atoms. The number of carbonyl (C=O) groups is 1. The molecule has 0 radical (unpaired) electrons. The number of benzene rings is 2. The van der Waals surface area contributed by atoms with Gasteiger partial charge in [-0.3, -0.25) is 9.89 Å². The van der Waals surface area contributed by atoms with Crippen LogP contribution in [-0.4, -0.2) is 22.7 Å². The summed E-state index contributed by atoms with van der Waals surface area (Å²) in [6.07, 6.45) is 0.838. The average molecular weight is 353 g/mol. The standard InChI is InChI=1S/C20H20FN3O2/c1-2-10-26-19-9-8-15(21)11-16(19)17-12-18(24-23-17)20(25)22-13-14-6-4-3-5-7-14/h3-9,11-12H,2,10,13H2,1H3,(H,22,25)(H,23,24). The first kappa shape index (κ1) is 17.7. The van der Waals surface area contributed by atoms with Crippen LogP contribution in [0.5, 0.6) is 5.75 Å². The summed E-state index contributed by atoms with van der Waals surface area (Å²) in [4.78, 5) is 12.3. The zero-order valence-corrected chi connectivity index (χ0v) is 14.5. The quantitative estimate of drug-likeness (QED) is 0.676. The van der Waals surface area contributed by atoms with E-state index < -0.39 is 0 Å². The lowest BCUT2D eigenvalue weighted by atomic mass is 10.1. The minimum absolute atomic E-state index is 0.278. The number of nitrogens with zero attached hydrogens (tertiary/aromatic N) is 1. The number of rotatable bonds is 7. The van der Waals surface area contributed by atoms with Gasteiger partial charge in [0.2, 0.25) is 0 Å². The molecular weight excluding hydrogens is 333 g/mol. The van der Waals surface area contributed by atoms with E-state index in [1.54, 1.807) is 12.1 Å². The Morgan fingerprint density at radius 1 is 1.19 bits per heavy atom. The van der Waals surface area contributed by atoms with Crippen LogP contribution < -0.4 is 10.1 Å². The van der Waals surface area contributed by atoms with Gasteiger partial charge in [-0.1, -0.05) is 37.3 Å². The number of halogens is 1. The maximum absolute atomic E-state index is 13.7. The Morgan fingerprint density at radius 3 is 2.77 bits per heavy atom. The highest BCUT2D eigenvalue weighted by atomic mass is 19.1. The first-order valence-electron chi connectivity index (χ1n) is 8.47. The largest absolute Gasteiger partial charge is 0.493 e. The molecule has 0 bridgehead atoms. The lowest BCUT2D eigenvalue weighted by Gasteiger charge is -2.09. The second-order valence-electron chi connectivity index (χ2n) is 5.82. The third-order valence-corrected chi connectivity index (χ3v) is 3.80. The molecule has 0 saturated heterocycles. The third-order valence-electron chi connectivity index (χ3n) is 3.80. The normalized spacial score (nSPS) is 10.5. The van der Waals surface area contributed by atoms with Crippen molar-refractivity contribution in [3.05, 3.63) is 71.7 Å². The van der Waals surface area contributed by atoms with Gasteiger partial charge in [0.05, 0.1) is 12.3 Å². The third kappa shape index (κ3) is 4.27. The molecule has 1 heterocycles. The zero-order valence-electron chi connectivity index (χ0n) is 14.5. The summed E-state index contributed by atoms with van der Waals surface area (Å²) in [5.74, 6) is -0.127. The van der Waals surface area contributed by atoms with Crippen LogP contribution in [0.15, 0.2) is 54.6 Å². The fraction of sp³-hybridized carbons (Fsp3) is 0.200. The Balaban J connectivity index is 1.75. The van der Waals surface area contributed by atoms with Crippen LogP contribution in [0.4, 0.5) is 4.39 Å². The van der Waals surface area contributed by atoms with E-state index in [9.17, 15) is 9.18 Å². The first-order valence-corrected chi connectivity index (χ1v) is 8.47. The number of nitrogens with one attached hydrogen (secondary N) is 2. The Hall–Kier alpha value is -3.15. The SMILES string of the molecule is CCCOc1ccc(F)cc1-c1cc(C(=O)NCc2ccccc2)[nH]n1. The van der Waals surface area contributed by atoms with E-state index in [-0.39, 0.29) is 11.7 Å². The van der Waals surface area contributed by atoms with Gasteiger partial charge in [0, 0.05) is 12.1 Å². The van der Waals surface area contributed by atoms with Gasteiger partial charge in [-0.2, -0.15) is 5.10 Å². The van der Waals surface area contributed by atoms with Crippen LogP contribution in [0.1, 0.15) is 29.4 Å². The highest BCUT2D eigenvalue weighted by molar-refractivity contribution is 5.93. The number of amides is 1. The van der Waals surface area contributed by atoms with Gasteiger partial charge in [0.25, 0.3) is 5.91 Å². The van der Waals surface area contributed by atoms with Gasteiger partial charge in [0.1, 0.15) is 17.3 Å². The molecule has 5 nitrogen and oxygen atoms in total. The summed E-state index contributed by atoms with van der Waals surface area (Å²) < 4.78 is 19.3. The zero-order chi connectivity index (χ0) is 18.4. The molecule has 2 N–H and O–H groups in total. The summed E-state index contributed by atoms with van der Waals surface area (Å²) in [6, 6.07) is 15.5. The Kier molecular flexibility index (Phi) is 5.63. The van der Waals surface area contributed by atoms with Crippen LogP contribution >= 0.6 is 0 Å². The molecule has 0 aliphatic carbocycles. The van der Waals surface area contributed by atoms with Crippen molar-refractivity contribution >= 4 is 5.91 Å². The van der Waals surface area contributed by atoms with E-state index in [1.807, 2.05) is 37.3 Å². The highest BCUT2D eigenvalue weighted by Crippen LogP contribution is 2.30. The van der Waals surface area contributed by atoms with E-state index in [4.69, 9.17) is 4.74 Å². The number of aromatic amines is 1. The topological polar surface area (TPSA) is 67.0 Å². The second kappa shape index (κ2) is 8.29. The molecule has 0 aliphatic rings. The van der Waals surface area contributed by atoms with Crippen LogP contribution in [0.2, 0.25) is 0 Å². The molecule has 1 amide bonds. The molecule has 0 aliphatic heterocycles. The molecular formula is C20H20FN3O2. The molecule has 134 valence electrons. The molecule has 0 unspecified atom stereocenters. The highest BCUT2D eigenvalue weighted by Gasteiger charge is 2.15.